The van der Waals surface area contributed by atoms with Gasteiger partial charge in [0.25, 0.3) is 0 Å². The number of benzene rings is 1. The Morgan fingerprint density at radius 2 is 1.75 bits per heavy atom. The van der Waals surface area contributed by atoms with Crippen molar-refractivity contribution in [3.05, 3.63) is 31.9 Å². The lowest BCUT2D eigenvalue weighted by Gasteiger charge is -2.14. The van der Waals surface area contributed by atoms with Crippen LogP contribution in [0.5, 0.6) is 11.5 Å². The van der Waals surface area contributed by atoms with Crippen LogP contribution in [0.25, 0.3) is 22.3 Å². The van der Waals surface area contributed by atoms with E-state index in [1.807, 2.05) is 16.6 Å². The smallest absolute Gasteiger partial charge is 0.163 e. The Labute approximate surface area is 176 Å². The third-order valence-corrected chi connectivity index (χ3v) is 6.79. The molecule has 0 aliphatic carbocycles. The van der Waals surface area contributed by atoms with E-state index in [1.54, 1.807) is 20.3 Å². The van der Waals surface area contributed by atoms with E-state index < -0.39 is 0 Å². The molecule has 0 radical (unpaired) electrons. The summed E-state index contributed by atoms with van der Waals surface area (Å²) in [6, 6.07) is 5.50. The zero-order chi connectivity index (χ0) is 17.4. The van der Waals surface area contributed by atoms with Gasteiger partial charge in [0.2, 0.25) is 0 Å². The summed E-state index contributed by atoms with van der Waals surface area (Å²) in [5.74, 6) is 0.960. The van der Waals surface area contributed by atoms with Crippen molar-refractivity contribution < 1.29 is 9.47 Å². The first-order chi connectivity index (χ1) is 11.5. The van der Waals surface area contributed by atoms with Gasteiger partial charge in [0.05, 0.1) is 41.7 Å². The van der Waals surface area contributed by atoms with Gasteiger partial charge in [-0.2, -0.15) is 5.10 Å². The molecule has 2 heterocycles. The van der Waals surface area contributed by atoms with Gasteiger partial charge in [-0.1, -0.05) is 23.2 Å². The molecular formula is C14H10Cl2I2N3O2P. The summed E-state index contributed by atoms with van der Waals surface area (Å²) >= 11 is 17.4. The van der Waals surface area contributed by atoms with Crippen molar-refractivity contribution in [1.29, 1.82) is 0 Å². The van der Waals surface area contributed by atoms with E-state index in [1.165, 1.54) is 0 Å². The maximum atomic E-state index is 6.48. The largest absolute Gasteiger partial charge is 0.495 e. The van der Waals surface area contributed by atoms with Crippen molar-refractivity contribution in [2.24, 2.45) is 0 Å². The van der Waals surface area contributed by atoms with E-state index in [0.717, 1.165) is 14.7 Å². The Morgan fingerprint density at radius 3 is 2.29 bits per heavy atom. The van der Waals surface area contributed by atoms with Crippen molar-refractivity contribution in [2.45, 2.75) is 0 Å². The lowest BCUT2D eigenvalue weighted by Crippen LogP contribution is -1.95. The maximum absolute atomic E-state index is 6.48. The third-order valence-electron chi connectivity index (χ3n) is 3.40. The van der Waals surface area contributed by atoms with E-state index in [0.29, 0.717) is 39.2 Å². The molecule has 1 atom stereocenters. The minimum Gasteiger partial charge on any atom is -0.495 e. The van der Waals surface area contributed by atoms with Gasteiger partial charge in [0.1, 0.15) is 15.2 Å². The minimum atomic E-state index is 0.396. The molecule has 0 aliphatic rings. The van der Waals surface area contributed by atoms with Gasteiger partial charge in [-0.05, 0) is 56.8 Å². The number of nitrogens with zero attached hydrogens (tertiary/aromatic N) is 3. The van der Waals surface area contributed by atoms with Gasteiger partial charge < -0.3 is 9.47 Å². The second kappa shape index (κ2) is 7.65. The molecular weight excluding hydrogens is 598 g/mol. The monoisotopic (exact) mass is 607 g/mol. The van der Waals surface area contributed by atoms with Gasteiger partial charge in [-0.25, -0.2) is 9.44 Å². The highest BCUT2D eigenvalue weighted by Crippen LogP contribution is 2.45. The summed E-state index contributed by atoms with van der Waals surface area (Å²) in [4.78, 5) is 4.73. The summed E-state index contributed by atoms with van der Waals surface area (Å²) in [5, 5.41) is 6.27. The SMILES string of the molecule is COc1cc(OC)c(Cl)c(-c2ccc3c(I)nn(PI)c3n2)c1Cl. The summed E-state index contributed by atoms with van der Waals surface area (Å²) in [6.07, 6.45) is 0.442. The second-order valence-electron chi connectivity index (χ2n) is 4.64. The van der Waals surface area contributed by atoms with Crippen LogP contribution < -0.4 is 9.47 Å². The van der Waals surface area contributed by atoms with Gasteiger partial charge in [-0.3, -0.25) is 0 Å². The van der Waals surface area contributed by atoms with Gasteiger partial charge in [0.15, 0.2) is 5.65 Å². The van der Waals surface area contributed by atoms with Crippen LogP contribution >= 0.6 is 74.2 Å². The van der Waals surface area contributed by atoms with Crippen LogP contribution in [0.2, 0.25) is 10.0 Å². The summed E-state index contributed by atoms with van der Waals surface area (Å²) in [7, 11) is 3.09. The summed E-state index contributed by atoms with van der Waals surface area (Å²) in [6.45, 7) is 0. The molecule has 0 aliphatic heterocycles. The number of hydrogen-bond acceptors (Lipinski definition) is 4. The first-order valence-corrected chi connectivity index (χ1v) is 12.4. The quantitative estimate of drug-likeness (QED) is 0.277. The molecule has 0 spiro atoms. The number of ether oxygens (including phenoxy) is 2. The molecule has 0 bridgehead atoms. The van der Waals surface area contributed by atoms with Gasteiger partial charge in [0, 0.05) is 11.6 Å². The molecule has 10 heteroatoms. The van der Waals surface area contributed by atoms with Crippen LogP contribution in [0, 0.1) is 3.70 Å². The molecule has 0 saturated carbocycles. The van der Waals surface area contributed by atoms with Crippen LogP contribution in [-0.2, 0) is 0 Å². The summed E-state index contributed by atoms with van der Waals surface area (Å²) in [5.41, 5.74) is 2.01. The number of halogens is 4. The molecule has 1 unspecified atom stereocenters. The van der Waals surface area contributed by atoms with Crippen molar-refractivity contribution in [3.8, 4) is 22.8 Å². The molecule has 0 N–H and O–H groups in total. The molecule has 24 heavy (non-hydrogen) atoms. The number of methoxy groups -OCH3 is 2. The molecule has 1 aromatic carbocycles. The Hall–Kier alpha value is -0.0900. The molecule has 0 amide bonds. The lowest BCUT2D eigenvalue weighted by atomic mass is 10.1. The van der Waals surface area contributed by atoms with E-state index in [-0.39, 0.29) is 0 Å². The third kappa shape index (κ3) is 3.18. The van der Waals surface area contributed by atoms with Crippen molar-refractivity contribution in [3.63, 3.8) is 0 Å². The maximum Gasteiger partial charge on any atom is 0.163 e. The van der Waals surface area contributed by atoms with Crippen LogP contribution in [0.15, 0.2) is 18.2 Å². The standard InChI is InChI=1S/C14H10Cl2I2N3O2P/c1-22-8-5-9(23-2)12(16)10(11(8)15)7-4-3-6-13(17)20-21(24-18)14(6)19-7/h3-5,24H,1-2H3. The van der Waals surface area contributed by atoms with Gasteiger partial charge >= 0.3 is 0 Å². The van der Waals surface area contributed by atoms with Gasteiger partial charge in [-0.15, -0.1) is 0 Å². The highest BCUT2D eigenvalue weighted by atomic mass is 127. The summed E-state index contributed by atoms with van der Waals surface area (Å²) < 4.78 is 13.4. The van der Waals surface area contributed by atoms with Crippen molar-refractivity contribution in [2.75, 3.05) is 14.2 Å². The normalized spacial score (nSPS) is 11.6. The zero-order valence-corrected chi connectivity index (χ0v) is 19.2. The van der Waals surface area contributed by atoms with Crippen LogP contribution in [0.1, 0.15) is 0 Å². The molecule has 3 aromatic rings. The molecule has 0 fully saturated rings. The topological polar surface area (TPSA) is 49.2 Å². The number of hydrogen-bond donors (Lipinski definition) is 0. The van der Waals surface area contributed by atoms with Crippen LogP contribution in [0.3, 0.4) is 0 Å². The average molecular weight is 608 g/mol. The first-order valence-electron chi connectivity index (χ1n) is 6.54. The fourth-order valence-corrected chi connectivity index (χ4v) is 5.20. The Balaban J connectivity index is 2.31. The fraction of sp³-hybridized carbons (Fsp3) is 0.143. The zero-order valence-electron chi connectivity index (χ0n) is 12.4. The van der Waals surface area contributed by atoms with Crippen molar-refractivity contribution in [1.82, 2.24) is 14.5 Å². The predicted octanol–water partition coefficient (Wildman–Crippen LogP) is 5.82. The molecule has 0 saturated heterocycles. The molecule has 5 nitrogen and oxygen atoms in total. The van der Waals surface area contributed by atoms with E-state index in [4.69, 9.17) is 37.7 Å². The molecule has 3 rings (SSSR count). The number of pyridine rings is 1. The highest BCUT2D eigenvalue weighted by molar-refractivity contribution is 14.2. The Morgan fingerprint density at radius 1 is 1.12 bits per heavy atom. The fourth-order valence-electron chi connectivity index (χ4n) is 2.27. The van der Waals surface area contributed by atoms with Crippen LogP contribution in [0.4, 0.5) is 0 Å². The molecule has 126 valence electrons. The number of fused-ring (bicyclic) bond motifs is 1. The van der Waals surface area contributed by atoms with Crippen LogP contribution in [-0.4, -0.2) is 28.8 Å². The highest BCUT2D eigenvalue weighted by Gasteiger charge is 2.21. The molecule has 2 aromatic heterocycles. The number of aromatic nitrogens is 3. The Kier molecular flexibility index (Phi) is 5.96. The predicted molar refractivity (Wildman–Crippen MR) is 117 cm³/mol. The van der Waals surface area contributed by atoms with E-state index in [2.05, 4.69) is 49.7 Å². The van der Waals surface area contributed by atoms with Crippen molar-refractivity contribution >= 4 is 85.2 Å². The van der Waals surface area contributed by atoms with E-state index in [9.17, 15) is 0 Å². The Bertz CT molecular complexity index is 908. The first kappa shape index (κ1) is 18.7. The average Bonchev–Trinajstić information content (AvgIpc) is 2.91. The number of rotatable bonds is 4. The second-order valence-corrected chi connectivity index (χ2v) is 8.46. The van der Waals surface area contributed by atoms with E-state index >= 15 is 0 Å². The lowest BCUT2D eigenvalue weighted by molar-refractivity contribution is 0.395. The minimum absolute atomic E-state index is 0.396.